The van der Waals surface area contributed by atoms with Crippen LogP contribution in [0.25, 0.3) is 0 Å². The van der Waals surface area contributed by atoms with Gasteiger partial charge in [0.1, 0.15) is 0 Å². The molecule has 0 heterocycles. The van der Waals surface area contributed by atoms with Crippen LogP contribution in [0.2, 0.25) is 0 Å². The molecule has 0 N–H and O–H groups in total. The Morgan fingerprint density at radius 3 is 1.50 bits per heavy atom. The van der Waals surface area contributed by atoms with Gasteiger partial charge in [-0.3, -0.25) is 4.21 Å². The molecular formula is CF3O2SZn-. The number of hydrogen-bond donors (Lipinski definition) is 0. The van der Waals surface area contributed by atoms with E-state index < -0.39 is 16.6 Å². The molecule has 0 fully saturated rings. The molecule has 0 aliphatic heterocycles. The topological polar surface area (TPSA) is 40.1 Å². The van der Waals surface area contributed by atoms with Gasteiger partial charge in [-0.25, -0.2) is 0 Å². The Morgan fingerprint density at radius 2 is 1.50 bits per heavy atom. The Hall–Kier alpha value is 0.523. The van der Waals surface area contributed by atoms with E-state index in [1.165, 1.54) is 0 Å². The van der Waals surface area contributed by atoms with E-state index >= 15 is 0 Å². The van der Waals surface area contributed by atoms with Gasteiger partial charge in [-0.05, 0) is 0 Å². The van der Waals surface area contributed by atoms with Crippen molar-refractivity contribution in [2.24, 2.45) is 0 Å². The molecular weight excluding hydrogens is 198 g/mol. The molecule has 0 radical (unpaired) electrons. The normalized spacial score (nSPS) is 14.5. The minimum Gasteiger partial charge on any atom is -0.766 e. The van der Waals surface area contributed by atoms with Gasteiger partial charge in [0.2, 0.25) is 0 Å². The van der Waals surface area contributed by atoms with Gasteiger partial charge < -0.3 is 4.55 Å². The quantitative estimate of drug-likeness (QED) is 0.417. The molecule has 0 aromatic rings. The van der Waals surface area contributed by atoms with Gasteiger partial charge in [-0.2, -0.15) is 13.2 Å². The van der Waals surface area contributed by atoms with Crippen LogP contribution in [0.5, 0.6) is 0 Å². The van der Waals surface area contributed by atoms with Crippen LogP contribution in [0, 0.1) is 0 Å². The molecule has 1 unspecified atom stereocenters. The molecule has 0 aliphatic rings. The first-order valence-electron chi connectivity index (χ1n) is 1.10. The molecule has 46 valence electrons. The molecule has 0 aromatic carbocycles. The first-order valence-corrected chi connectivity index (χ1v) is 2.18. The number of rotatable bonds is 0. The number of alkyl halides is 3. The predicted octanol–water partition coefficient (Wildman–Crippen LogP) is 0.383. The predicted molar refractivity (Wildman–Crippen MR) is 15.0 cm³/mol. The first kappa shape index (κ1) is 11.3. The van der Waals surface area contributed by atoms with Crippen molar-refractivity contribution in [2.75, 3.05) is 0 Å². The second kappa shape index (κ2) is 3.53. The van der Waals surface area contributed by atoms with E-state index in [0.29, 0.717) is 0 Å². The average molecular weight is 198 g/mol. The Morgan fingerprint density at radius 1 is 1.38 bits per heavy atom. The van der Waals surface area contributed by atoms with Crippen LogP contribution in [0.3, 0.4) is 0 Å². The van der Waals surface area contributed by atoms with Crippen LogP contribution in [0.4, 0.5) is 13.2 Å². The van der Waals surface area contributed by atoms with Gasteiger partial charge in [0.25, 0.3) is 0 Å². The fourth-order valence-corrected chi connectivity index (χ4v) is 0. The van der Waals surface area contributed by atoms with Gasteiger partial charge in [-0.1, -0.05) is 0 Å². The van der Waals surface area contributed by atoms with Gasteiger partial charge >= 0.3 is 5.51 Å². The number of hydrogen-bond acceptors (Lipinski definition) is 2. The summed E-state index contributed by atoms with van der Waals surface area (Å²) < 4.78 is 49.5. The van der Waals surface area contributed by atoms with Crippen LogP contribution in [0.1, 0.15) is 0 Å². The molecule has 2 nitrogen and oxygen atoms in total. The maximum Gasteiger partial charge on any atom is 0.458 e. The molecule has 0 amide bonds. The third kappa shape index (κ3) is 4.68. The van der Waals surface area contributed by atoms with Crippen molar-refractivity contribution in [1.82, 2.24) is 0 Å². The van der Waals surface area contributed by atoms with E-state index in [0.717, 1.165) is 0 Å². The fourth-order valence-electron chi connectivity index (χ4n) is 0. The average Bonchev–Trinajstić information content (AvgIpc) is 1.31. The van der Waals surface area contributed by atoms with E-state index in [-0.39, 0.29) is 19.5 Å². The van der Waals surface area contributed by atoms with Crippen LogP contribution < -0.4 is 0 Å². The summed E-state index contributed by atoms with van der Waals surface area (Å²) in [5, 5.41) is 0. The summed E-state index contributed by atoms with van der Waals surface area (Å²) in [6.45, 7) is 0. The Balaban J connectivity index is 0. The Bertz CT molecular complexity index is 89.8. The molecule has 7 heteroatoms. The van der Waals surface area contributed by atoms with Crippen LogP contribution in [-0.4, -0.2) is 14.3 Å². The summed E-state index contributed by atoms with van der Waals surface area (Å²) in [4.78, 5) is 0. The van der Waals surface area contributed by atoms with Gasteiger partial charge in [0, 0.05) is 19.5 Å². The third-order valence-corrected chi connectivity index (χ3v) is 0.567. The third-order valence-electron chi connectivity index (χ3n) is 0.189. The summed E-state index contributed by atoms with van der Waals surface area (Å²) >= 11 is -3.93. The van der Waals surface area contributed by atoms with Gasteiger partial charge in [-0.15, -0.1) is 0 Å². The summed E-state index contributed by atoms with van der Waals surface area (Å²) in [6.07, 6.45) is 0. The smallest absolute Gasteiger partial charge is 0.458 e. The maximum absolute atomic E-state index is 10.6. The number of halogens is 3. The van der Waals surface area contributed by atoms with Crippen molar-refractivity contribution in [3.05, 3.63) is 0 Å². The minimum atomic E-state index is -5.08. The molecule has 0 saturated heterocycles. The van der Waals surface area contributed by atoms with Crippen molar-refractivity contribution in [3.63, 3.8) is 0 Å². The molecule has 0 bridgehead atoms. The summed E-state index contributed by atoms with van der Waals surface area (Å²) in [5.41, 5.74) is -5.08. The van der Waals surface area contributed by atoms with Crippen molar-refractivity contribution in [2.45, 2.75) is 5.51 Å². The largest absolute Gasteiger partial charge is 0.766 e. The molecule has 0 saturated carbocycles. The molecule has 0 rings (SSSR count). The first-order chi connectivity index (χ1) is 2.94. The van der Waals surface area contributed by atoms with E-state index in [4.69, 9.17) is 8.76 Å². The standard InChI is InChI=1S/CHF3O2S.Zn/c2-1(3,4)7(5)6;/h(H,5,6);/p-1. The summed E-state index contributed by atoms with van der Waals surface area (Å²) in [7, 11) is 0. The Labute approximate surface area is 58.5 Å². The molecule has 0 aromatic heterocycles. The van der Waals surface area contributed by atoms with Gasteiger partial charge in [0.05, 0.1) is 11.1 Å². The van der Waals surface area contributed by atoms with Crippen LogP contribution in [-0.2, 0) is 30.6 Å². The zero-order valence-corrected chi connectivity index (χ0v) is 7.35. The molecule has 1 atom stereocenters. The zero-order chi connectivity index (χ0) is 6.08. The van der Waals surface area contributed by atoms with Crippen LogP contribution in [0.15, 0.2) is 0 Å². The van der Waals surface area contributed by atoms with Crippen LogP contribution >= 0.6 is 0 Å². The SMILES string of the molecule is O=S([O-])C(F)(F)F.[Zn]. The fraction of sp³-hybridized carbons (Fsp3) is 1.00. The summed E-state index contributed by atoms with van der Waals surface area (Å²) in [6, 6.07) is 0. The van der Waals surface area contributed by atoms with E-state index in [1.54, 1.807) is 0 Å². The van der Waals surface area contributed by atoms with Crippen molar-refractivity contribution >= 4 is 11.1 Å². The zero-order valence-electron chi connectivity index (χ0n) is 3.57. The van der Waals surface area contributed by atoms with Crippen molar-refractivity contribution in [3.8, 4) is 0 Å². The Kier molecular flexibility index (Phi) is 5.00. The van der Waals surface area contributed by atoms with E-state index in [9.17, 15) is 13.2 Å². The second-order valence-corrected chi connectivity index (χ2v) is 1.61. The summed E-state index contributed by atoms with van der Waals surface area (Å²) in [5.74, 6) is 0. The molecule has 8 heavy (non-hydrogen) atoms. The maximum atomic E-state index is 10.6. The monoisotopic (exact) mass is 197 g/mol. The van der Waals surface area contributed by atoms with Crippen molar-refractivity contribution in [1.29, 1.82) is 0 Å². The molecule has 0 aliphatic carbocycles. The van der Waals surface area contributed by atoms with Gasteiger partial charge in [0.15, 0.2) is 0 Å². The van der Waals surface area contributed by atoms with E-state index in [2.05, 4.69) is 0 Å². The van der Waals surface area contributed by atoms with Crippen molar-refractivity contribution < 1.29 is 41.4 Å². The second-order valence-electron chi connectivity index (χ2n) is 0.680. The minimum absolute atomic E-state index is 0. The molecule has 0 spiro atoms. The van der Waals surface area contributed by atoms with E-state index in [1.807, 2.05) is 0 Å².